The number of alkyl halides is 3. The van der Waals surface area contributed by atoms with E-state index in [4.69, 9.17) is 23.2 Å². The molecule has 3 aromatic rings. The van der Waals surface area contributed by atoms with E-state index in [0.717, 1.165) is 35.0 Å². The first-order valence-electron chi connectivity index (χ1n) is 11.0. The molecule has 1 aliphatic carbocycles. The second-order valence-corrected chi connectivity index (χ2v) is 9.43. The van der Waals surface area contributed by atoms with Crippen molar-refractivity contribution >= 4 is 45.7 Å². The fourth-order valence-electron chi connectivity index (χ4n) is 4.61. The molecule has 1 saturated carbocycles. The molecular weight excluding hydrogens is 476 g/mol. The molecule has 5 rings (SSSR count). The predicted molar refractivity (Wildman–Crippen MR) is 123 cm³/mol. The molecule has 11 heteroatoms. The lowest BCUT2D eigenvalue weighted by molar-refractivity contribution is 0.0499. The first kappa shape index (κ1) is 22.7. The quantitative estimate of drug-likeness (QED) is 0.463. The lowest BCUT2D eigenvalue weighted by Gasteiger charge is -2.43. The zero-order valence-corrected chi connectivity index (χ0v) is 19.2. The van der Waals surface area contributed by atoms with Crippen LogP contribution in [0.1, 0.15) is 37.2 Å². The number of piperidine rings is 1. The van der Waals surface area contributed by atoms with E-state index >= 15 is 4.39 Å². The van der Waals surface area contributed by atoms with Crippen LogP contribution in [0.3, 0.4) is 0 Å². The summed E-state index contributed by atoms with van der Waals surface area (Å²) in [6.45, 7) is 0.689. The smallest absolute Gasteiger partial charge is 0.257 e. The monoisotopic (exact) mass is 498 g/mol. The van der Waals surface area contributed by atoms with Crippen molar-refractivity contribution < 1.29 is 13.2 Å². The standard InChI is InChI=1S/C22H23Cl2F3N6/c23-16-6-12-8-28-22(31-19-9-29-33(21(19)24)11-20(26)27)30-18(12)7-15(16)14-4-5-32(10-17(14)25)13-2-1-3-13/h6-9,13-14,17,20H,1-5,10-11H2,(H,28,30,31). The molecule has 2 atom stereocenters. The SMILES string of the molecule is FC(F)Cn1ncc(Nc2ncc3cc(Cl)c(C4CCN(C5CCC5)CC4F)cc3n2)c1Cl. The van der Waals surface area contributed by atoms with E-state index in [9.17, 15) is 8.78 Å². The van der Waals surface area contributed by atoms with Crippen molar-refractivity contribution in [1.29, 1.82) is 0 Å². The fraction of sp³-hybridized carbons (Fsp3) is 0.500. The van der Waals surface area contributed by atoms with Gasteiger partial charge in [0, 0.05) is 35.1 Å². The highest BCUT2D eigenvalue weighted by atomic mass is 35.5. The molecule has 1 N–H and O–H groups in total. The molecule has 0 amide bonds. The van der Waals surface area contributed by atoms with Gasteiger partial charge in [0.05, 0.1) is 17.4 Å². The van der Waals surface area contributed by atoms with E-state index < -0.39 is 19.1 Å². The van der Waals surface area contributed by atoms with Gasteiger partial charge < -0.3 is 5.32 Å². The number of hydrogen-bond acceptors (Lipinski definition) is 5. The molecule has 6 nitrogen and oxygen atoms in total. The molecule has 33 heavy (non-hydrogen) atoms. The Labute approximate surface area is 199 Å². The van der Waals surface area contributed by atoms with Gasteiger partial charge in [-0.2, -0.15) is 5.10 Å². The minimum atomic E-state index is -2.57. The van der Waals surface area contributed by atoms with Crippen molar-refractivity contribution in [3.8, 4) is 0 Å². The average molecular weight is 499 g/mol. The van der Waals surface area contributed by atoms with Crippen molar-refractivity contribution in [3.63, 3.8) is 0 Å². The molecule has 2 fully saturated rings. The van der Waals surface area contributed by atoms with Crippen LogP contribution in [-0.2, 0) is 6.54 Å². The number of anilines is 2. The summed E-state index contributed by atoms with van der Waals surface area (Å²) in [5, 5.41) is 8.04. The summed E-state index contributed by atoms with van der Waals surface area (Å²) in [5.74, 6) is -0.0579. The Hall–Kier alpha value is -2.10. The van der Waals surface area contributed by atoms with Crippen LogP contribution in [0, 0.1) is 0 Å². The maximum Gasteiger partial charge on any atom is 0.257 e. The molecule has 176 valence electrons. The highest BCUT2D eigenvalue weighted by Gasteiger charge is 2.36. The van der Waals surface area contributed by atoms with E-state index in [-0.39, 0.29) is 17.0 Å². The Kier molecular flexibility index (Phi) is 6.37. The summed E-state index contributed by atoms with van der Waals surface area (Å²) in [7, 11) is 0. The highest BCUT2D eigenvalue weighted by molar-refractivity contribution is 6.32. The van der Waals surface area contributed by atoms with E-state index in [2.05, 4.69) is 25.3 Å². The van der Waals surface area contributed by atoms with Crippen LogP contribution in [0.4, 0.5) is 24.8 Å². The largest absolute Gasteiger partial charge is 0.320 e. The normalized spacial score (nSPS) is 22.1. The van der Waals surface area contributed by atoms with Gasteiger partial charge in [0.1, 0.15) is 12.7 Å². The zero-order chi connectivity index (χ0) is 23.1. The molecule has 1 aliphatic heterocycles. The number of hydrogen-bond donors (Lipinski definition) is 1. The third-order valence-corrected chi connectivity index (χ3v) is 7.32. The first-order valence-corrected chi connectivity index (χ1v) is 11.8. The molecule has 1 aromatic carbocycles. The van der Waals surface area contributed by atoms with Gasteiger partial charge >= 0.3 is 0 Å². The summed E-state index contributed by atoms with van der Waals surface area (Å²) >= 11 is 12.7. The van der Waals surface area contributed by atoms with Crippen LogP contribution in [0.2, 0.25) is 10.2 Å². The summed E-state index contributed by atoms with van der Waals surface area (Å²) in [6.07, 6.45) is 3.63. The number of nitrogens with zero attached hydrogens (tertiary/aromatic N) is 5. The summed E-state index contributed by atoms with van der Waals surface area (Å²) in [5.41, 5.74) is 1.67. The Bertz CT molecular complexity index is 1150. The highest BCUT2D eigenvalue weighted by Crippen LogP contribution is 2.39. The van der Waals surface area contributed by atoms with E-state index in [1.54, 1.807) is 12.3 Å². The summed E-state index contributed by atoms with van der Waals surface area (Å²) < 4.78 is 41.5. The third-order valence-electron chi connectivity index (χ3n) is 6.59. The van der Waals surface area contributed by atoms with Gasteiger partial charge in [0.15, 0.2) is 5.15 Å². The van der Waals surface area contributed by atoms with Crippen molar-refractivity contribution in [2.45, 2.75) is 56.8 Å². The number of nitrogens with one attached hydrogen (secondary N) is 1. The van der Waals surface area contributed by atoms with Gasteiger partial charge in [-0.25, -0.2) is 27.8 Å². The van der Waals surface area contributed by atoms with Crippen molar-refractivity contribution in [2.24, 2.45) is 0 Å². The molecule has 0 radical (unpaired) electrons. The lowest BCUT2D eigenvalue weighted by atomic mass is 9.84. The zero-order valence-electron chi connectivity index (χ0n) is 17.7. The molecular formula is C22H23Cl2F3N6. The molecule has 1 saturated heterocycles. The number of halogens is 5. The van der Waals surface area contributed by atoms with Gasteiger partial charge in [-0.05, 0) is 43.5 Å². The number of aromatic nitrogens is 4. The molecule has 2 aromatic heterocycles. The minimum absolute atomic E-state index is 0.0364. The lowest BCUT2D eigenvalue weighted by Crippen LogP contribution is -2.48. The van der Waals surface area contributed by atoms with Gasteiger partial charge in [0.2, 0.25) is 5.95 Å². The van der Waals surface area contributed by atoms with Gasteiger partial charge in [-0.3, -0.25) is 4.90 Å². The van der Waals surface area contributed by atoms with Crippen molar-refractivity contribution in [1.82, 2.24) is 24.6 Å². The maximum atomic E-state index is 15.2. The molecule has 2 aliphatic rings. The van der Waals surface area contributed by atoms with Crippen molar-refractivity contribution in [2.75, 3.05) is 18.4 Å². The van der Waals surface area contributed by atoms with Gasteiger partial charge in [0.25, 0.3) is 6.43 Å². The van der Waals surface area contributed by atoms with Crippen LogP contribution in [-0.4, -0.2) is 56.4 Å². The fourth-order valence-corrected chi connectivity index (χ4v) is 5.13. The number of rotatable bonds is 6. The maximum absolute atomic E-state index is 15.2. The topological polar surface area (TPSA) is 58.9 Å². The minimum Gasteiger partial charge on any atom is -0.320 e. The molecule has 3 heterocycles. The Morgan fingerprint density at radius 2 is 1.97 bits per heavy atom. The van der Waals surface area contributed by atoms with Crippen LogP contribution >= 0.6 is 23.2 Å². The summed E-state index contributed by atoms with van der Waals surface area (Å²) in [4.78, 5) is 11.0. The van der Waals surface area contributed by atoms with Crippen LogP contribution in [0.25, 0.3) is 10.9 Å². The van der Waals surface area contributed by atoms with Crippen molar-refractivity contribution in [3.05, 3.63) is 40.3 Å². The molecule has 0 bridgehead atoms. The number of fused-ring (bicyclic) bond motifs is 1. The van der Waals surface area contributed by atoms with Gasteiger partial charge in [-0.15, -0.1) is 0 Å². The number of benzene rings is 1. The van der Waals surface area contributed by atoms with E-state index in [1.807, 2.05) is 6.07 Å². The molecule has 0 spiro atoms. The third kappa shape index (κ3) is 4.63. The number of likely N-dealkylation sites (tertiary alicyclic amines) is 1. The average Bonchev–Trinajstić information content (AvgIpc) is 3.06. The van der Waals surface area contributed by atoms with E-state index in [0.29, 0.717) is 35.2 Å². The van der Waals surface area contributed by atoms with Gasteiger partial charge in [-0.1, -0.05) is 29.6 Å². The first-order chi connectivity index (χ1) is 15.9. The second kappa shape index (κ2) is 9.27. The Morgan fingerprint density at radius 3 is 2.67 bits per heavy atom. The van der Waals surface area contributed by atoms with Crippen LogP contribution in [0.5, 0.6) is 0 Å². The predicted octanol–water partition coefficient (Wildman–Crippen LogP) is 5.82. The van der Waals surface area contributed by atoms with Crippen LogP contribution in [0.15, 0.2) is 24.5 Å². The summed E-state index contributed by atoms with van der Waals surface area (Å²) in [6, 6.07) is 4.10. The Morgan fingerprint density at radius 1 is 1.15 bits per heavy atom. The second-order valence-electron chi connectivity index (χ2n) is 8.66. The Balaban J connectivity index is 1.37. The van der Waals surface area contributed by atoms with E-state index in [1.165, 1.54) is 12.6 Å². The molecule has 2 unspecified atom stereocenters. The van der Waals surface area contributed by atoms with Crippen LogP contribution < -0.4 is 5.32 Å².